The van der Waals surface area contributed by atoms with Crippen LogP contribution in [0.3, 0.4) is 0 Å². The number of halogens is 1. The van der Waals surface area contributed by atoms with Crippen molar-refractivity contribution >= 4 is 52.5 Å². The molecule has 4 rings (SSSR count). The summed E-state index contributed by atoms with van der Waals surface area (Å²) in [7, 11) is 0. The lowest BCUT2D eigenvalue weighted by molar-refractivity contribution is -0.156. The van der Waals surface area contributed by atoms with Gasteiger partial charge >= 0.3 is 11.9 Å². The first-order valence-electron chi connectivity index (χ1n) is 14.7. The van der Waals surface area contributed by atoms with Crippen LogP contribution in [0.15, 0.2) is 58.9 Å². The van der Waals surface area contributed by atoms with Gasteiger partial charge in [0.15, 0.2) is 0 Å². The quantitative estimate of drug-likeness (QED) is 0.0873. The van der Waals surface area contributed by atoms with E-state index >= 15 is 0 Å². The Kier molecular flexibility index (Phi) is 12.4. The first-order chi connectivity index (χ1) is 22.9. The van der Waals surface area contributed by atoms with Gasteiger partial charge in [0.1, 0.15) is 64.2 Å². The first kappa shape index (κ1) is 36.2. The van der Waals surface area contributed by atoms with Crippen LogP contribution in [0.4, 0.5) is 5.82 Å². The van der Waals surface area contributed by atoms with Gasteiger partial charge in [0.2, 0.25) is 0 Å². The van der Waals surface area contributed by atoms with E-state index in [1.807, 2.05) is 29.6 Å². The molecule has 0 aliphatic carbocycles. The molecule has 11 nitrogen and oxygen atoms in total. The standard InChI is InChI=1S/C34H33ClN6O5S2/c1-34(2,3)46-33(43)27(38)12-13-28(42)45-15-14-44-24-10-6-20(7-11-24)29-25(16-36)30(39)41-32(26(29)17-37)48-19-23-18-47-31(40-23)21-4-8-22(35)9-5-21/h4-11,18,27H,12-15,19,38H2,1-3H3,(H2,39,41)/t27-/m0/s1. The maximum atomic E-state index is 12.1. The highest BCUT2D eigenvalue weighted by Crippen LogP contribution is 2.37. The number of pyridine rings is 1. The van der Waals surface area contributed by atoms with E-state index in [1.54, 1.807) is 45.0 Å². The van der Waals surface area contributed by atoms with Gasteiger partial charge in [-0.3, -0.25) is 9.59 Å². The Labute approximate surface area is 291 Å². The number of nitrogen functional groups attached to an aromatic ring is 1. The van der Waals surface area contributed by atoms with Crippen molar-refractivity contribution in [3.05, 3.63) is 75.8 Å². The monoisotopic (exact) mass is 704 g/mol. The molecule has 0 aliphatic heterocycles. The number of thiazole rings is 1. The topological polar surface area (TPSA) is 187 Å². The smallest absolute Gasteiger partial charge is 0.323 e. The number of anilines is 1. The zero-order valence-corrected chi connectivity index (χ0v) is 28.9. The fourth-order valence-electron chi connectivity index (χ4n) is 4.31. The van der Waals surface area contributed by atoms with E-state index in [9.17, 15) is 20.1 Å². The lowest BCUT2D eigenvalue weighted by atomic mass is 9.97. The van der Waals surface area contributed by atoms with Gasteiger partial charge in [-0.2, -0.15) is 10.5 Å². The van der Waals surface area contributed by atoms with E-state index in [2.05, 4.69) is 17.1 Å². The third kappa shape index (κ3) is 9.92. The summed E-state index contributed by atoms with van der Waals surface area (Å²) in [6.45, 7) is 5.28. The van der Waals surface area contributed by atoms with E-state index in [0.717, 1.165) is 16.3 Å². The third-order valence-electron chi connectivity index (χ3n) is 6.54. The minimum Gasteiger partial charge on any atom is -0.490 e. The minimum atomic E-state index is -0.924. The van der Waals surface area contributed by atoms with Crippen molar-refractivity contribution in [1.82, 2.24) is 9.97 Å². The maximum absolute atomic E-state index is 12.1. The molecule has 0 saturated carbocycles. The number of thioether (sulfide) groups is 1. The fourth-order valence-corrected chi connectivity index (χ4v) is 6.25. The summed E-state index contributed by atoms with van der Waals surface area (Å²) < 4.78 is 16.1. The van der Waals surface area contributed by atoms with E-state index in [1.165, 1.54) is 23.1 Å². The summed E-state index contributed by atoms with van der Waals surface area (Å²) in [5, 5.41) is 23.9. The molecule has 4 aromatic rings. The summed E-state index contributed by atoms with van der Waals surface area (Å²) in [6.07, 6.45) is 0.0580. The van der Waals surface area contributed by atoms with Crippen molar-refractivity contribution in [2.24, 2.45) is 5.73 Å². The largest absolute Gasteiger partial charge is 0.490 e. The predicted octanol–water partition coefficient (Wildman–Crippen LogP) is 6.51. The molecule has 0 fully saturated rings. The number of ether oxygens (including phenoxy) is 3. The minimum absolute atomic E-state index is 0.0128. The zero-order valence-electron chi connectivity index (χ0n) is 26.5. The number of carbonyl (C=O) groups is 2. The molecule has 2 heterocycles. The molecule has 0 radical (unpaired) electrons. The number of hydrogen-bond acceptors (Lipinski definition) is 13. The number of nitrogens with zero attached hydrogens (tertiary/aromatic N) is 4. The summed E-state index contributed by atoms with van der Waals surface area (Å²) in [6, 6.07) is 17.6. The number of aromatic nitrogens is 2. The molecule has 14 heteroatoms. The zero-order chi connectivity index (χ0) is 34.8. The molecule has 2 aromatic heterocycles. The lowest BCUT2D eigenvalue weighted by Gasteiger charge is -2.22. The van der Waals surface area contributed by atoms with Gasteiger partial charge in [-0.15, -0.1) is 11.3 Å². The molecule has 248 valence electrons. The summed E-state index contributed by atoms with van der Waals surface area (Å²) in [5.74, 6) is -0.152. The van der Waals surface area contributed by atoms with Gasteiger partial charge in [-0.25, -0.2) is 9.97 Å². The molecule has 2 aromatic carbocycles. The van der Waals surface area contributed by atoms with Crippen LogP contribution >= 0.6 is 34.7 Å². The van der Waals surface area contributed by atoms with E-state index in [0.29, 0.717) is 32.7 Å². The average molecular weight is 705 g/mol. The summed E-state index contributed by atoms with van der Waals surface area (Å²) in [4.78, 5) is 33.1. The highest BCUT2D eigenvalue weighted by atomic mass is 35.5. The van der Waals surface area contributed by atoms with Crippen LogP contribution in [-0.2, 0) is 24.8 Å². The molecule has 0 amide bonds. The second kappa shape index (κ2) is 16.4. The number of carbonyl (C=O) groups excluding carboxylic acids is 2. The average Bonchev–Trinajstić information content (AvgIpc) is 3.53. The summed E-state index contributed by atoms with van der Waals surface area (Å²) >= 11 is 8.81. The van der Waals surface area contributed by atoms with Gasteiger partial charge in [0.05, 0.1) is 11.3 Å². The molecular formula is C34H33ClN6O5S2. The van der Waals surface area contributed by atoms with Crippen molar-refractivity contribution in [3.8, 4) is 39.6 Å². The Morgan fingerprint density at radius 3 is 2.31 bits per heavy atom. The second-order valence-electron chi connectivity index (χ2n) is 11.4. The number of nitrogens with two attached hydrogens (primary N) is 2. The first-order valence-corrected chi connectivity index (χ1v) is 17.0. The molecule has 0 spiro atoms. The number of nitriles is 2. The number of esters is 2. The molecule has 1 atom stereocenters. The third-order valence-corrected chi connectivity index (χ3v) is 8.74. The van der Waals surface area contributed by atoms with E-state index < -0.39 is 23.6 Å². The van der Waals surface area contributed by atoms with Crippen LogP contribution in [0, 0.1) is 22.7 Å². The Hall–Kier alpha value is -4.66. The number of benzene rings is 2. The molecule has 0 unspecified atom stereocenters. The molecule has 0 bridgehead atoms. The molecular weight excluding hydrogens is 672 g/mol. The van der Waals surface area contributed by atoms with E-state index in [-0.39, 0.29) is 43.0 Å². The van der Waals surface area contributed by atoms with Crippen molar-refractivity contribution in [1.29, 1.82) is 10.5 Å². The SMILES string of the molecule is CC(C)(C)OC(=O)[C@@H](N)CCC(=O)OCCOc1ccc(-c2c(C#N)c(N)nc(SCc3csc(-c4ccc(Cl)cc4)n3)c2C#N)cc1. The van der Waals surface area contributed by atoms with Crippen LogP contribution < -0.4 is 16.2 Å². The Morgan fingerprint density at radius 1 is 1.00 bits per heavy atom. The predicted molar refractivity (Wildman–Crippen MR) is 185 cm³/mol. The van der Waals surface area contributed by atoms with Crippen LogP contribution in [0.25, 0.3) is 21.7 Å². The van der Waals surface area contributed by atoms with Crippen LogP contribution in [0.5, 0.6) is 5.75 Å². The number of rotatable bonds is 13. The van der Waals surface area contributed by atoms with Gasteiger partial charge in [0, 0.05) is 33.7 Å². The van der Waals surface area contributed by atoms with Crippen molar-refractivity contribution in [3.63, 3.8) is 0 Å². The van der Waals surface area contributed by atoms with Gasteiger partial charge in [-0.1, -0.05) is 47.6 Å². The van der Waals surface area contributed by atoms with Crippen LogP contribution in [0.2, 0.25) is 5.02 Å². The van der Waals surface area contributed by atoms with Crippen LogP contribution in [0.1, 0.15) is 50.4 Å². The Morgan fingerprint density at radius 2 is 1.67 bits per heavy atom. The van der Waals surface area contributed by atoms with Crippen LogP contribution in [-0.4, -0.2) is 46.8 Å². The van der Waals surface area contributed by atoms with Crippen molar-refractivity contribution in [2.75, 3.05) is 18.9 Å². The molecule has 4 N–H and O–H groups in total. The Bertz CT molecular complexity index is 1840. The molecule has 48 heavy (non-hydrogen) atoms. The summed E-state index contributed by atoms with van der Waals surface area (Å²) in [5.41, 5.74) is 14.4. The fraction of sp³-hybridized carbons (Fsp3) is 0.294. The van der Waals surface area contributed by atoms with Gasteiger partial charge in [0.25, 0.3) is 0 Å². The molecule has 0 aliphatic rings. The van der Waals surface area contributed by atoms with Gasteiger partial charge < -0.3 is 25.7 Å². The number of hydrogen-bond donors (Lipinski definition) is 2. The maximum Gasteiger partial charge on any atom is 0.323 e. The van der Waals surface area contributed by atoms with Gasteiger partial charge in [-0.05, 0) is 57.0 Å². The highest BCUT2D eigenvalue weighted by molar-refractivity contribution is 7.98. The molecule has 0 saturated heterocycles. The lowest BCUT2D eigenvalue weighted by Crippen LogP contribution is -2.37. The Balaban J connectivity index is 1.36. The van der Waals surface area contributed by atoms with Crippen molar-refractivity contribution in [2.45, 2.75) is 56.0 Å². The normalized spacial score (nSPS) is 11.6. The second-order valence-corrected chi connectivity index (χ2v) is 13.6. The van der Waals surface area contributed by atoms with Crippen molar-refractivity contribution < 1.29 is 23.8 Å². The highest BCUT2D eigenvalue weighted by Gasteiger charge is 2.23. The van der Waals surface area contributed by atoms with E-state index in [4.69, 9.17) is 42.3 Å².